The first-order valence-electron chi connectivity index (χ1n) is 7.85. The number of nitrogens with one attached hydrogen (secondary N) is 1. The lowest BCUT2D eigenvalue weighted by atomic mass is 10.1. The lowest BCUT2D eigenvalue weighted by molar-refractivity contribution is -0.137. The van der Waals surface area contributed by atoms with Gasteiger partial charge in [0.2, 0.25) is 4.77 Å². The molecule has 1 aromatic heterocycles. The molecule has 0 aliphatic carbocycles. The minimum Gasteiger partial charge on any atom is -0.250 e. The van der Waals surface area contributed by atoms with Gasteiger partial charge in [0.05, 0.1) is 11.8 Å². The summed E-state index contributed by atoms with van der Waals surface area (Å²) in [6.07, 6.45) is -1.71. The van der Waals surface area contributed by atoms with E-state index in [4.69, 9.17) is 12.2 Å². The Bertz CT molecular complexity index is 958. The molecule has 4 nitrogen and oxygen atoms in total. The molecule has 3 aromatic rings. The highest BCUT2D eigenvalue weighted by Gasteiger charge is 2.30. The second-order valence-corrected chi connectivity index (χ2v) is 6.00. The van der Waals surface area contributed by atoms with Crippen molar-refractivity contribution in [3.05, 3.63) is 81.9 Å². The van der Waals surface area contributed by atoms with Gasteiger partial charge < -0.3 is 0 Å². The van der Waals surface area contributed by atoms with Crippen molar-refractivity contribution in [1.82, 2.24) is 14.9 Å². The summed E-state index contributed by atoms with van der Waals surface area (Å²) >= 11 is 5.16. The van der Waals surface area contributed by atoms with E-state index in [9.17, 15) is 13.2 Å². The van der Waals surface area contributed by atoms with E-state index in [2.05, 4.69) is 15.3 Å². The summed E-state index contributed by atoms with van der Waals surface area (Å²) in [6.45, 7) is 0. The standard InChI is InChI=1S/C18H15F3N4S/c19-18(20,21)15-8-4-7-14(11-15)12-22-25-16(23-24-17(25)26)10-9-13-5-2-1-3-6-13/h1-8,11-12H,9-10H2,(H,24,26)/b22-12-. The summed E-state index contributed by atoms with van der Waals surface area (Å²) < 4.78 is 40.1. The zero-order valence-electron chi connectivity index (χ0n) is 13.6. The maximum Gasteiger partial charge on any atom is 0.416 e. The monoisotopic (exact) mass is 376 g/mol. The Hall–Kier alpha value is -2.74. The number of benzene rings is 2. The summed E-state index contributed by atoms with van der Waals surface area (Å²) in [5.41, 5.74) is 0.758. The Morgan fingerprint density at radius 3 is 2.58 bits per heavy atom. The van der Waals surface area contributed by atoms with Crippen molar-refractivity contribution >= 4 is 18.4 Å². The highest BCUT2D eigenvalue weighted by atomic mass is 32.1. The van der Waals surface area contributed by atoms with Gasteiger partial charge in [-0.05, 0) is 41.9 Å². The molecular weight excluding hydrogens is 361 g/mol. The van der Waals surface area contributed by atoms with E-state index < -0.39 is 11.7 Å². The summed E-state index contributed by atoms with van der Waals surface area (Å²) in [6, 6.07) is 14.8. The molecule has 0 aliphatic heterocycles. The van der Waals surface area contributed by atoms with Crippen LogP contribution in [-0.2, 0) is 19.0 Å². The molecule has 0 spiro atoms. The van der Waals surface area contributed by atoms with Crippen molar-refractivity contribution in [2.75, 3.05) is 0 Å². The average molecular weight is 376 g/mol. The number of hydrogen-bond acceptors (Lipinski definition) is 3. The van der Waals surface area contributed by atoms with Crippen LogP contribution in [0.5, 0.6) is 0 Å². The van der Waals surface area contributed by atoms with Gasteiger partial charge in [-0.3, -0.25) is 5.10 Å². The first-order valence-corrected chi connectivity index (χ1v) is 8.26. The minimum atomic E-state index is -4.39. The zero-order chi connectivity index (χ0) is 18.6. The van der Waals surface area contributed by atoms with Crippen molar-refractivity contribution in [2.45, 2.75) is 19.0 Å². The van der Waals surface area contributed by atoms with Gasteiger partial charge in [0.1, 0.15) is 0 Å². The zero-order valence-corrected chi connectivity index (χ0v) is 14.4. The van der Waals surface area contributed by atoms with Crippen LogP contribution >= 0.6 is 12.2 Å². The Labute approximate surface area is 153 Å². The van der Waals surface area contributed by atoms with E-state index in [0.29, 0.717) is 17.8 Å². The topological polar surface area (TPSA) is 46.0 Å². The van der Waals surface area contributed by atoms with Crippen LogP contribution in [0.2, 0.25) is 0 Å². The smallest absolute Gasteiger partial charge is 0.250 e. The van der Waals surface area contributed by atoms with Crippen LogP contribution in [0.1, 0.15) is 22.5 Å². The second-order valence-electron chi connectivity index (χ2n) is 5.61. The largest absolute Gasteiger partial charge is 0.416 e. The molecule has 0 bridgehead atoms. The number of aromatic amines is 1. The Balaban J connectivity index is 1.79. The van der Waals surface area contributed by atoms with Crippen molar-refractivity contribution in [1.29, 1.82) is 0 Å². The molecule has 1 heterocycles. The minimum absolute atomic E-state index is 0.288. The number of halogens is 3. The van der Waals surface area contributed by atoms with Crippen LogP contribution in [-0.4, -0.2) is 21.1 Å². The fraction of sp³-hybridized carbons (Fsp3) is 0.167. The van der Waals surface area contributed by atoms with Gasteiger partial charge in [-0.2, -0.15) is 28.0 Å². The number of rotatable bonds is 5. The highest BCUT2D eigenvalue weighted by molar-refractivity contribution is 7.71. The number of nitrogens with zero attached hydrogens (tertiary/aromatic N) is 3. The molecule has 0 aliphatic rings. The van der Waals surface area contributed by atoms with Gasteiger partial charge in [0, 0.05) is 6.42 Å². The number of H-pyrrole nitrogens is 1. The molecule has 0 amide bonds. The molecular formula is C18H15F3N4S. The average Bonchev–Trinajstić information content (AvgIpc) is 2.98. The first-order chi connectivity index (χ1) is 12.4. The van der Waals surface area contributed by atoms with E-state index in [1.165, 1.54) is 17.0 Å². The van der Waals surface area contributed by atoms with E-state index in [-0.39, 0.29) is 4.77 Å². The number of hydrogen-bond donors (Lipinski definition) is 1. The molecule has 134 valence electrons. The SMILES string of the molecule is FC(F)(F)c1cccc(/C=N\n2c(CCc3ccccc3)n[nH]c2=S)c1. The lowest BCUT2D eigenvalue weighted by Crippen LogP contribution is -2.05. The molecule has 0 atom stereocenters. The molecule has 0 radical (unpaired) electrons. The fourth-order valence-electron chi connectivity index (χ4n) is 2.43. The lowest BCUT2D eigenvalue weighted by Gasteiger charge is -2.06. The molecule has 0 saturated carbocycles. The third-order valence-corrected chi connectivity index (χ3v) is 4.00. The molecule has 0 unspecified atom stereocenters. The normalized spacial score (nSPS) is 12.0. The maximum absolute atomic E-state index is 12.8. The van der Waals surface area contributed by atoms with Gasteiger partial charge in [-0.1, -0.05) is 42.5 Å². The van der Waals surface area contributed by atoms with E-state index in [0.717, 1.165) is 24.1 Å². The third kappa shape index (κ3) is 4.45. The number of aromatic nitrogens is 3. The van der Waals surface area contributed by atoms with Crippen LogP contribution in [0, 0.1) is 4.77 Å². The van der Waals surface area contributed by atoms with Gasteiger partial charge in [0.25, 0.3) is 0 Å². The highest BCUT2D eigenvalue weighted by Crippen LogP contribution is 2.29. The predicted octanol–water partition coefficient (Wildman–Crippen LogP) is 4.63. The molecule has 26 heavy (non-hydrogen) atoms. The van der Waals surface area contributed by atoms with Crippen molar-refractivity contribution in [2.24, 2.45) is 5.10 Å². The Morgan fingerprint density at radius 1 is 1.08 bits per heavy atom. The summed E-state index contributed by atoms with van der Waals surface area (Å²) in [5, 5.41) is 11.0. The van der Waals surface area contributed by atoms with Crippen LogP contribution in [0.3, 0.4) is 0 Å². The van der Waals surface area contributed by atoms with Crippen molar-refractivity contribution in [3.63, 3.8) is 0 Å². The quantitative estimate of drug-likeness (QED) is 0.521. The number of alkyl halides is 3. The van der Waals surface area contributed by atoms with Crippen molar-refractivity contribution in [3.8, 4) is 0 Å². The van der Waals surface area contributed by atoms with Gasteiger partial charge >= 0.3 is 6.18 Å². The second kappa shape index (κ2) is 7.65. The molecule has 0 saturated heterocycles. The van der Waals surface area contributed by atoms with E-state index in [1.807, 2.05) is 30.3 Å². The van der Waals surface area contributed by atoms with E-state index in [1.54, 1.807) is 6.07 Å². The molecule has 1 N–H and O–H groups in total. The molecule has 2 aromatic carbocycles. The predicted molar refractivity (Wildman–Crippen MR) is 95.7 cm³/mol. The van der Waals surface area contributed by atoms with Crippen LogP contribution < -0.4 is 0 Å². The fourth-order valence-corrected chi connectivity index (χ4v) is 2.62. The van der Waals surface area contributed by atoms with Crippen LogP contribution in [0.4, 0.5) is 13.2 Å². The van der Waals surface area contributed by atoms with Crippen LogP contribution in [0.25, 0.3) is 0 Å². The Kier molecular flexibility index (Phi) is 5.32. The van der Waals surface area contributed by atoms with Crippen LogP contribution in [0.15, 0.2) is 59.7 Å². The van der Waals surface area contributed by atoms with Gasteiger partial charge in [-0.15, -0.1) is 0 Å². The van der Waals surface area contributed by atoms with Gasteiger partial charge in [-0.25, -0.2) is 0 Å². The maximum atomic E-state index is 12.8. The van der Waals surface area contributed by atoms with Gasteiger partial charge in [0.15, 0.2) is 5.82 Å². The molecule has 8 heteroatoms. The molecule has 0 fully saturated rings. The summed E-state index contributed by atoms with van der Waals surface area (Å²) in [7, 11) is 0. The third-order valence-electron chi connectivity index (χ3n) is 3.73. The van der Waals surface area contributed by atoms with E-state index >= 15 is 0 Å². The summed E-state index contributed by atoms with van der Waals surface area (Å²) in [5.74, 6) is 0.613. The Morgan fingerprint density at radius 2 is 1.85 bits per heavy atom. The first kappa shape index (κ1) is 18.1. The number of aryl methyl sites for hydroxylation is 2. The van der Waals surface area contributed by atoms with Crippen molar-refractivity contribution < 1.29 is 13.2 Å². The summed E-state index contributed by atoms with van der Waals surface area (Å²) in [4.78, 5) is 0. The molecule has 3 rings (SSSR count).